The van der Waals surface area contributed by atoms with Gasteiger partial charge in [-0.2, -0.15) is 0 Å². The van der Waals surface area contributed by atoms with E-state index in [1.165, 1.54) is 16.2 Å². The number of hydrogen-bond acceptors (Lipinski definition) is 1. The Kier molecular flexibility index (Phi) is 3.99. The molecule has 1 aromatic carbocycles. The van der Waals surface area contributed by atoms with Crippen LogP contribution >= 0.6 is 0 Å². The molecule has 0 fully saturated rings. The van der Waals surface area contributed by atoms with Gasteiger partial charge in [0.1, 0.15) is 6.54 Å². The van der Waals surface area contributed by atoms with E-state index in [9.17, 15) is 0 Å². The lowest BCUT2D eigenvalue weighted by atomic mass is 10.2. The molecular formula is C15H21N2+. The predicted octanol–water partition coefficient (Wildman–Crippen LogP) is 1.75. The SMILES string of the molecule is Cc1cccc(N(C)CC[NH+]2C=CCC=C2)c1. The van der Waals surface area contributed by atoms with Gasteiger partial charge in [0.15, 0.2) is 0 Å². The number of nitrogens with zero attached hydrogens (tertiary/aromatic N) is 1. The minimum atomic E-state index is 1.06. The van der Waals surface area contributed by atoms with Crippen LogP contribution in [0.2, 0.25) is 0 Å². The number of benzene rings is 1. The van der Waals surface area contributed by atoms with E-state index in [1.807, 2.05) is 0 Å². The third kappa shape index (κ3) is 3.46. The second-order valence-electron chi connectivity index (χ2n) is 4.63. The average molecular weight is 229 g/mol. The molecule has 0 atom stereocenters. The van der Waals surface area contributed by atoms with Crippen LogP contribution in [0.25, 0.3) is 0 Å². The first-order chi connectivity index (χ1) is 8.25. The molecule has 0 radical (unpaired) electrons. The van der Waals surface area contributed by atoms with Gasteiger partial charge >= 0.3 is 0 Å². The summed E-state index contributed by atoms with van der Waals surface area (Å²) >= 11 is 0. The van der Waals surface area contributed by atoms with Gasteiger partial charge in [-0.25, -0.2) is 0 Å². The fourth-order valence-electron chi connectivity index (χ4n) is 2.03. The summed E-state index contributed by atoms with van der Waals surface area (Å²) < 4.78 is 0. The fourth-order valence-corrected chi connectivity index (χ4v) is 2.03. The molecule has 1 aliphatic heterocycles. The second kappa shape index (κ2) is 5.69. The largest absolute Gasteiger partial charge is 0.369 e. The van der Waals surface area contributed by atoms with Crippen molar-refractivity contribution in [2.24, 2.45) is 0 Å². The maximum atomic E-state index is 2.32. The Balaban J connectivity index is 1.88. The van der Waals surface area contributed by atoms with Crippen LogP contribution in [0.15, 0.2) is 48.8 Å². The molecule has 0 amide bonds. The topological polar surface area (TPSA) is 7.68 Å². The molecule has 17 heavy (non-hydrogen) atoms. The standard InChI is InChI=1S/C15H20N2/c1-14-7-6-8-15(13-14)16(2)11-12-17-9-4-3-5-10-17/h4-10,13H,3,11-12H2,1-2H3/p+1. The molecule has 90 valence electrons. The van der Waals surface area contributed by atoms with Crippen LogP contribution in [0.1, 0.15) is 12.0 Å². The van der Waals surface area contributed by atoms with Gasteiger partial charge in [-0.1, -0.05) is 12.1 Å². The van der Waals surface area contributed by atoms with Crippen LogP contribution in [0.3, 0.4) is 0 Å². The van der Waals surface area contributed by atoms with Crippen molar-refractivity contribution < 1.29 is 4.90 Å². The number of quaternary nitrogens is 1. The van der Waals surface area contributed by atoms with Crippen LogP contribution in [0.5, 0.6) is 0 Å². The van der Waals surface area contributed by atoms with Crippen molar-refractivity contribution in [3.05, 3.63) is 54.4 Å². The van der Waals surface area contributed by atoms with E-state index in [0.29, 0.717) is 0 Å². The zero-order chi connectivity index (χ0) is 12.1. The maximum Gasteiger partial charge on any atom is 0.103 e. The number of anilines is 1. The summed E-state index contributed by atoms with van der Waals surface area (Å²) in [5, 5.41) is 0. The summed E-state index contributed by atoms with van der Waals surface area (Å²) in [4.78, 5) is 3.74. The summed E-state index contributed by atoms with van der Waals surface area (Å²) in [5.41, 5.74) is 2.62. The van der Waals surface area contributed by atoms with Crippen molar-refractivity contribution in [2.45, 2.75) is 13.3 Å². The molecule has 0 unspecified atom stereocenters. The Morgan fingerprint density at radius 3 is 2.71 bits per heavy atom. The lowest BCUT2D eigenvalue weighted by Gasteiger charge is -2.21. The molecule has 2 nitrogen and oxygen atoms in total. The van der Waals surface area contributed by atoms with E-state index < -0.39 is 0 Å². The monoisotopic (exact) mass is 229 g/mol. The smallest absolute Gasteiger partial charge is 0.103 e. The van der Waals surface area contributed by atoms with Crippen molar-refractivity contribution in [2.75, 3.05) is 25.0 Å². The van der Waals surface area contributed by atoms with Gasteiger partial charge in [0, 0.05) is 12.7 Å². The van der Waals surface area contributed by atoms with Crippen LogP contribution in [0, 0.1) is 6.92 Å². The molecule has 0 saturated heterocycles. The highest BCUT2D eigenvalue weighted by molar-refractivity contribution is 5.47. The molecule has 2 heteroatoms. The molecule has 1 aliphatic rings. The highest BCUT2D eigenvalue weighted by Crippen LogP contribution is 2.13. The Morgan fingerprint density at radius 2 is 2.00 bits per heavy atom. The first-order valence-corrected chi connectivity index (χ1v) is 6.22. The third-order valence-electron chi connectivity index (χ3n) is 3.11. The minimum absolute atomic E-state index is 1.06. The van der Waals surface area contributed by atoms with Crippen LogP contribution in [0.4, 0.5) is 5.69 Å². The fraction of sp³-hybridized carbons (Fsp3) is 0.333. The third-order valence-corrected chi connectivity index (χ3v) is 3.11. The first-order valence-electron chi connectivity index (χ1n) is 6.22. The lowest BCUT2D eigenvalue weighted by molar-refractivity contribution is -0.789. The Morgan fingerprint density at radius 1 is 1.24 bits per heavy atom. The molecule has 0 saturated carbocycles. The number of aryl methyl sites for hydroxylation is 1. The Hall–Kier alpha value is -1.54. The van der Waals surface area contributed by atoms with Crippen LogP contribution < -0.4 is 9.80 Å². The summed E-state index contributed by atoms with van der Waals surface area (Å²) in [6.07, 6.45) is 10.0. The quantitative estimate of drug-likeness (QED) is 0.826. The van der Waals surface area contributed by atoms with Crippen molar-refractivity contribution >= 4 is 5.69 Å². The predicted molar refractivity (Wildman–Crippen MR) is 73.2 cm³/mol. The highest BCUT2D eigenvalue weighted by atomic mass is 15.2. The number of nitrogens with one attached hydrogen (secondary N) is 1. The van der Waals surface area contributed by atoms with Gasteiger partial charge in [0.25, 0.3) is 0 Å². The number of allylic oxidation sites excluding steroid dienone is 2. The maximum absolute atomic E-state index is 2.32. The zero-order valence-electron chi connectivity index (χ0n) is 10.7. The number of hydrogen-bond donors (Lipinski definition) is 1. The molecular weight excluding hydrogens is 208 g/mol. The normalized spacial score (nSPS) is 15.2. The summed E-state index contributed by atoms with van der Waals surface area (Å²) in [6, 6.07) is 8.66. The first kappa shape index (κ1) is 11.9. The molecule has 1 aromatic rings. The van der Waals surface area contributed by atoms with Gasteiger partial charge in [0.05, 0.1) is 18.9 Å². The number of likely N-dealkylation sites (N-methyl/N-ethyl adjacent to an activating group) is 1. The van der Waals surface area contributed by atoms with E-state index in [4.69, 9.17) is 0 Å². The minimum Gasteiger partial charge on any atom is -0.369 e. The van der Waals surface area contributed by atoms with Gasteiger partial charge < -0.3 is 4.90 Å². The van der Waals surface area contributed by atoms with E-state index in [0.717, 1.165) is 19.5 Å². The van der Waals surface area contributed by atoms with Gasteiger partial charge in [-0.3, -0.25) is 4.90 Å². The van der Waals surface area contributed by atoms with Gasteiger partial charge in [0.2, 0.25) is 0 Å². The summed E-state index contributed by atoms with van der Waals surface area (Å²) in [7, 11) is 2.16. The second-order valence-corrected chi connectivity index (χ2v) is 4.63. The van der Waals surface area contributed by atoms with E-state index in [1.54, 1.807) is 0 Å². The van der Waals surface area contributed by atoms with E-state index in [-0.39, 0.29) is 0 Å². The van der Waals surface area contributed by atoms with Crippen LogP contribution in [-0.2, 0) is 0 Å². The number of rotatable bonds is 4. The van der Waals surface area contributed by atoms with Crippen LogP contribution in [-0.4, -0.2) is 20.1 Å². The molecule has 1 heterocycles. The Labute approximate surface area is 104 Å². The van der Waals surface area contributed by atoms with Crippen molar-refractivity contribution in [1.29, 1.82) is 0 Å². The van der Waals surface area contributed by atoms with Gasteiger partial charge in [-0.15, -0.1) is 0 Å². The Bertz CT molecular complexity index is 409. The van der Waals surface area contributed by atoms with E-state index >= 15 is 0 Å². The molecule has 0 aliphatic carbocycles. The highest BCUT2D eigenvalue weighted by Gasteiger charge is 2.06. The van der Waals surface area contributed by atoms with E-state index in [2.05, 4.69) is 67.7 Å². The van der Waals surface area contributed by atoms with Crippen molar-refractivity contribution in [1.82, 2.24) is 0 Å². The van der Waals surface area contributed by atoms with Gasteiger partial charge in [-0.05, 0) is 43.2 Å². The van der Waals surface area contributed by atoms with Crippen molar-refractivity contribution in [3.8, 4) is 0 Å². The molecule has 2 rings (SSSR count). The molecule has 0 bridgehead atoms. The summed E-state index contributed by atoms with van der Waals surface area (Å²) in [5.74, 6) is 0. The lowest BCUT2D eigenvalue weighted by Crippen LogP contribution is -3.03. The van der Waals surface area contributed by atoms with Crippen molar-refractivity contribution in [3.63, 3.8) is 0 Å². The summed E-state index contributed by atoms with van der Waals surface area (Å²) in [6.45, 7) is 4.31. The average Bonchev–Trinajstić information content (AvgIpc) is 2.37. The molecule has 1 N–H and O–H groups in total. The molecule has 0 spiro atoms. The zero-order valence-corrected chi connectivity index (χ0v) is 10.7. The molecule has 0 aromatic heterocycles.